The van der Waals surface area contributed by atoms with Crippen molar-refractivity contribution in [3.8, 4) is 11.3 Å². The first kappa shape index (κ1) is 20.3. The quantitative estimate of drug-likeness (QED) is 0.407. The molecule has 0 unspecified atom stereocenters. The molecule has 158 valence electrons. The highest BCUT2D eigenvalue weighted by Gasteiger charge is 2.29. The molecule has 5 rings (SSSR count). The Morgan fingerprint density at radius 2 is 1.90 bits per heavy atom. The van der Waals surface area contributed by atoms with E-state index in [9.17, 15) is 4.79 Å². The number of hydrogen-bond acceptors (Lipinski definition) is 6. The van der Waals surface area contributed by atoms with Gasteiger partial charge in [-0.25, -0.2) is 15.0 Å². The van der Waals surface area contributed by atoms with E-state index in [1.165, 1.54) is 10.3 Å². The van der Waals surface area contributed by atoms with E-state index >= 15 is 0 Å². The number of carbonyl (C=O) groups is 1. The van der Waals surface area contributed by atoms with Gasteiger partial charge in [-0.05, 0) is 51.0 Å². The minimum Gasteiger partial charge on any atom is -0.271 e. The van der Waals surface area contributed by atoms with Crippen molar-refractivity contribution in [2.75, 3.05) is 13.1 Å². The van der Waals surface area contributed by atoms with Crippen LogP contribution in [0, 0.1) is 20.8 Å². The Morgan fingerprint density at radius 1 is 1.03 bits per heavy atom. The fourth-order valence-corrected chi connectivity index (χ4v) is 5.64. The average molecular weight is 449 g/mol. The van der Waals surface area contributed by atoms with Crippen LogP contribution in [0.5, 0.6) is 0 Å². The summed E-state index contributed by atoms with van der Waals surface area (Å²) in [6.45, 7) is 8.39. The number of benzene rings is 2. The summed E-state index contributed by atoms with van der Waals surface area (Å²) >= 11 is 3.33. The van der Waals surface area contributed by atoms with Crippen molar-refractivity contribution >= 4 is 38.8 Å². The van der Waals surface area contributed by atoms with Crippen molar-refractivity contribution in [1.82, 2.24) is 20.0 Å². The summed E-state index contributed by atoms with van der Waals surface area (Å²) in [5, 5.41) is 8.21. The highest BCUT2D eigenvalue weighted by Crippen LogP contribution is 2.29. The van der Waals surface area contributed by atoms with Crippen LogP contribution >= 0.6 is 22.7 Å². The van der Waals surface area contributed by atoms with E-state index in [0.717, 1.165) is 64.0 Å². The van der Waals surface area contributed by atoms with Crippen LogP contribution in [0.3, 0.4) is 0 Å². The fourth-order valence-electron chi connectivity index (χ4n) is 4.14. The minimum absolute atomic E-state index is 0.0524. The average Bonchev–Trinajstić information content (AvgIpc) is 3.46. The highest BCUT2D eigenvalue weighted by molar-refractivity contribution is 7.18. The van der Waals surface area contributed by atoms with Crippen molar-refractivity contribution < 1.29 is 4.79 Å². The summed E-state index contributed by atoms with van der Waals surface area (Å²) in [7, 11) is 0. The van der Waals surface area contributed by atoms with Gasteiger partial charge in [0.15, 0.2) is 0 Å². The van der Waals surface area contributed by atoms with Gasteiger partial charge >= 0.3 is 0 Å². The maximum atomic E-state index is 13.7. The summed E-state index contributed by atoms with van der Waals surface area (Å²) < 4.78 is 1.20. The second kappa shape index (κ2) is 8.15. The lowest BCUT2D eigenvalue weighted by Crippen LogP contribution is -2.41. The fraction of sp³-hybridized carbons (Fsp3) is 0.292. The van der Waals surface area contributed by atoms with Gasteiger partial charge in [-0.1, -0.05) is 23.8 Å². The Labute approximate surface area is 190 Å². The third-order valence-electron chi connectivity index (χ3n) is 5.59. The summed E-state index contributed by atoms with van der Waals surface area (Å²) in [5.41, 5.74) is 5.84. The van der Waals surface area contributed by atoms with Gasteiger partial charge in [-0.2, -0.15) is 0 Å². The minimum atomic E-state index is 0.0524. The number of carbonyl (C=O) groups excluding carboxylic acids is 1. The van der Waals surface area contributed by atoms with Crippen LogP contribution < -0.4 is 0 Å². The molecule has 0 bridgehead atoms. The maximum Gasteiger partial charge on any atom is 0.268 e. The van der Waals surface area contributed by atoms with Crippen molar-refractivity contribution in [3.63, 3.8) is 0 Å². The second-order valence-electron chi connectivity index (χ2n) is 8.01. The molecule has 3 heterocycles. The molecule has 2 aromatic carbocycles. The molecule has 0 saturated carbocycles. The van der Waals surface area contributed by atoms with Gasteiger partial charge in [-0.15, -0.1) is 22.7 Å². The van der Waals surface area contributed by atoms with Gasteiger partial charge in [0.2, 0.25) is 0 Å². The summed E-state index contributed by atoms with van der Waals surface area (Å²) in [6.07, 6.45) is 0.977. The standard InChI is InChI=1S/C24H24N4OS2/c1-15-5-7-19(22-14-30-16(2)25-22)20(11-15)24(29)28-10-4-9-27(28)13-18-6-8-21-23(12-18)31-17(3)26-21/h5-8,11-12,14H,4,9-10,13H2,1-3H3. The topological polar surface area (TPSA) is 49.3 Å². The smallest absolute Gasteiger partial charge is 0.268 e. The molecule has 7 heteroatoms. The Balaban J connectivity index is 1.44. The van der Waals surface area contributed by atoms with Crippen LogP contribution in [-0.4, -0.2) is 39.0 Å². The number of amides is 1. The molecular weight excluding hydrogens is 424 g/mol. The molecule has 31 heavy (non-hydrogen) atoms. The van der Waals surface area contributed by atoms with Crippen molar-refractivity contribution in [2.24, 2.45) is 0 Å². The molecule has 0 radical (unpaired) electrons. The zero-order valence-corrected chi connectivity index (χ0v) is 19.5. The first-order chi connectivity index (χ1) is 15.0. The van der Waals surface area contributed by atoms with E-state index in [1.807, 2.05) is 43.3 Å². The monoisotopic (exact) mass is 448 g/mol. The molecule has 4 aromatic rings. The second-order valence-corrected chi connectivity index (χ2v) is 10.3. The SMILES string of the molecule is Cc1ccc(-c2csc(C)n2)c(C(=O)N2CCCN2Cc2ccc3nc(C)sc3c2)c1. The van der Waals surface area contributed by atoms with Crippen molar-refractivity contribution in [3.05, 3.63) is 68.5 Å². The van der Waals surface area contributed by atoms with E-state index in [-0.39, 0.29) is 5.91 Å². The number of thiazole rings is 2. The van der Waals surface area contributed by atoms with E-state index in [2.05, 4.69) is 39.2 Å². The predicted molar refractivity (Wildman–Crippen MR) is 127 cm³/mol. The molecule has 1 amide bonds. The molecule has 0 N–H and O–H groups in total. The zero-order valence-electron chi connectivity index (χ0n) is 17.9. The molecule has 1 aliphatic rings. The molecule has 1 fully saturated rings. The number of fused-ring (bicyclic) bond motifs is 1. The van der Waals surface area contributed by atoms with E-state index < -0.39 is 0 Å². The lowest BCUT2D eigenvalue weighted by molar-refractivity contribution is 0.0171. The molecule has 5 nitrogen and oxygen atoms in total. The number of aromatic nitrogens is 2. The van der Waals surface area contributed by atoms with E-state index in [4.69, 9.17) is 0 Å². The molecule has 0 aliphatic carbocycles. The maximum absolute atomic E-state index is 13.7. The van der Waals surface area contributed by atoms with Crippen LogP contribution in [0.25, 0.3) is 21.5 Å². The van der Waals surface area contributed by atoms with Crippen LogP contribution in [0.2, 0.25) is 0 Å². The Morgan fingerprint density at radius 3 is 2.71 bits per heavy atom. The Hall–Kier alpha value is -2.61. The van der Waals surface area contributed by atoms with Gasteiger partial charge in [0.25, 0.3) is 5.91 Å². The Kier molecular flexibility index (Phi) is 5.33. The molecule has 1 saturated heterocycles. The predicted octanol–water partition coefficient (Wildman–Crippen LogP) is 5.61. The van der Waals surface area contributed by atoms with Crippen LogP contribution in [-0.2, 0) is 6.54 Å². The lowest BCUT2D eigenvalue weighted by atomic mass is 10.0. The number of nitrogens with zero attached hydrogens (tertiary/aromatic N) is 4. The van der Waals surface area contributed by atoms with E-state index in [1.54, 1.807) is 22.7 Å². The van der Waals surface area contributed by atoms with Gasteiger partial charge in [0.05, 0.1) is 31.5 Å². The van der Waals surface area contributed by atoms with Gasteiger partial charge < -0.3 is 0 Å². The highest BCUT2D eigenvalue weighted by atomic mass is 32.1. The normalized spacial score (nSPS) is 14.6. The third-order valence-corrected chi connectivity index (χ3v) is 7.29. The first-order valence-corrected chi connectivity index (χ1v) is 12.1. The number of aryl methyl sites for hydroxylation is 3. The van der Waals surface area contributed by atoms with Crippen LogP contribution in [0.1, 0.15) is 37.9 Å². The van der Waals surface area contributed by atoms with Gasteiger partial charge in [-0.3, -0.25) is 9.80 Å². The molecule has 0 spiro atoms. The van der Waals surface area contributed by atoms with Gasteiger partial charge in [0, 0.05) is 30.6 Å². The molecule has 2 aromatic heterocycles. The van der Waals surface area contributed by atoms with Crippen molar-refractivity contribution in [1.29, 1.82) is 0 Å². The Bertz CT molecular complexity index is 1280. The van der Waals surface area contributed by atoms with Crippen LogP contribution in [0.4, 0.5) is 0 Å². The lowest BCUT2D eigenvalue weighted by Gasteiger charge is -2.28. The van der Waals surface area contributed by atoms with Crippen LogP contribution in [0.15, 0.2) is 41.8 Å². The molecule has 0 atom stereocenters. The van der Waals surface area contributed by atoms with E-state index in [0.29, 0.717) is 0 Å². The largest absolute Gasteiger partial charge is 0.271 e. The number of hydrazine groups is 1. The van der Waals surface area contributed by atoms with Crippen molar-refractivity contribution in [2.45, 2.75) is 33.7 Å². The molecular formula is C24H24N4OS2. The molecule has 1 aliphatic heterocycles. The summed E-state index contributed by atoms with van der Waals surface area (Å²) in [6, 6.07) is 12.5. The zero-order chi connectivity index (χ0) is 21.5. The number of rotatable bonds is 4. The van der Waals surface area contributed by atoms with Gasteiger partial charge in [0.1, 0.15) is 0 Å². The number of hydrogen-bond donors (Lipinski definition) is 0. The summed E-state index contributed by atoms with van der Waals surface area (Å²) in [5.74, 6) is 0.0524. The first-order valence-electron chi connectivity index (χ1n) is 10.4. The summed E-state index contributed by atoms with van der Waals surface area (Å²) in [4.78, 5) is 22.8. The third kappa shape index (κ3) is 4.01.